The van der Waals surface area contributed by atoms with Gasteiger partial charge in [-0.25, -0.2) is 25.3 Å². The summed E-state index contributed by atoms with van der Waals surface area (Å²) in [6, 6.07) is 19.8. The molecule has 1 heterocycles. The van der Waals surface area contributed by atoms with E-state index in [0.717, 1.165) is 16.7 Å². The molecule has 0 aromatic heterocycles. The van der Waals surface area contributed by atoms with Crippen LogP contribution in [0.2, 0.25) is 0 Å². The van der Waals surface area contributed by atoms with Crippen molar-refractivity contribution >= 4 is 30.1 Å². The van der Waals surface area contributed by atoms with Crippen LogP contribution in [-0.4, -0.2) is 90.5 Å². The first kappa shape index (κ1) is 34.2. The molecule has 1 aliphatic heterocycles. The molecule has 4 rings (SSSR count). The van der Waals surface area contributed by atoms with Crippen LogP contribution in [-0.2, 0) is 30.1 Å². The minimum absolute atomic E-state index is 0.0158. The van der Waals surface area contributed by atoms with Gasteiger partial charge in [0, 0.05) is 45.8 Å². The van der Waals surface area contributed by atoms with Gasteiger partial charge in [0.15, 0.2) is 0 Å². The number of hydrogen-bond donors (Lipinski definition) is 1. The average Bonchev–Trinajstić information content (AvgIpc) is 2.98. The monoisotopic (exact) mass is 662 g/mol. The number of benzene rings is 3. The summed E-state index contributed by atoms with van der Waals surface area (Å²) in [4.78, 5) is 0.442. The largest absolute Gasteiger partial charge is 0.315 e. The topological polar surface area (TPSA) is 124 Å². The highest BCUT2D eigenvalue weighted by atomic mass is 32.2. The Balaban J connectivity index is 1.63. The molecule has 10 nitrogen and oxygen atoms in total. The van der Waals surface area contributed by atoms with Gasteiger partial charge in [0.05, 0.1) is 14.7 Å². The van der Waals surface area contributed by atoms with Crippen LogP contribution in [0.1, 0.15) is 29.5 Å². The normalized spacial score (nSPS) is 18.1. The van der Waals surface area contributed by atoms with E-state index in [-0.39, 0.29) is 60.4 Å². The van der Waals surface area contributed by atoms with Gasteiger partial charge in [-0.3, -0.25) is 0 Å². The summed E-state index contributed by atoms with van der Waals surface area (Å²) in [6.45, 7) is 6.80. The summed E-state index contributed by atoms with van der Waals surface area (Å²) in [6.07, 6.45) is 0.682. The molecule has 240 valence electrons. The molecule has 0 amide bonds. The molecule has 0 bridgehead atoms. The maximum Gasteiger partial charge on any atom is 0.243 e. The number of nitrogens with one attached hydrogen (secondary N) is 1. The van der Waals surface area contributed by atoms with Crippen LogP contribution in [0.3, 0.4) is 0 Å². The molecule has 44 heavy (non-hydrogen) atoms. The molecular formula is C31H42N4O6S3. The van der Waals surface area contributed by atoms with Gasteiger partial charge >= 0.3 is 0 Å². The fourth-order valence-electron chi connectivity index (χ4n) is 4.99. The molecule has 1 N–H and O–H groups in total. The Labute approximate surface area is 262 Å². The lowest BCUT2D eigenvalue weighted by atomic mass is 10.2. The van der Waals surface area contributed by atoms with Crippen LogP contribution >= 0.6 is 0 Å². The molecule has 0 saturated carbocycles. The lowest BCUT2D eigenvalue weighted by molar-refractivity contribution is 0.317. The third kappa shape index (κ3) is 8.33. The molecule has 3 aromatic rings. The average molecular weight is 663 g/mol. The van der Waals surface area contributed by atoms with Crippen molar-refractivity contribution in [1.82, 2.24) is 18.2 Å². The molecule has 3 aromatic carbocycles. The minimum atomic E-state index is -4.00. The van der Waals surface area contributed by atoms with Gasteiger partial charge in [0.2, 0.25) is 30.1 Å². The van der Waals surface area contributed by atoms with Crippen LogP contribution in [0.4, 0.5) is 0 Å². The Morgan fingerprint density at radius 1 is 0.432 bits per heavy atom. The predicted molar refractivity (Wildman–Crippen MR) is 172 cm³/mol. The van der Waals surface area contributed by atoms with E-state index in [2.05, 4.69) is 5.32 Å². The summed E-state index contributed by atoms with van der Waals surface area (Å²) in [5.41, 5.74) is 2.79. The molecule has 1 saturated heterocycles. The number of sulfonamides is 3. The van der Waals surface area contributed by atoms with Crippen molar-refractivity contribution < 1.29 is 25.3 Å². The molecule has 0 radical (unpaired) electrons. The van der Waals surface area contributed by atoms with Crippen LogP contribution in [0, 0.1) is 20.8 Å². The Morgan fingerprint density at radius 3 is 1.11 bits per heavy atom. The predicted octanol–water partition coefficient (Wildman–Crippen LogP) is 3.37. The Kier molecular flexibility index (Phi) is 11.4. The first-order chi connectivity index (χ1) is 20.8. The first-order valence-corrected chi connectivity index (χ1v) is 19.0. The zero-order valence-electron chi connectivity index (χ0n) is 25.5. The van der Waals surface area contributed by atoms with Gasteiger partial charge in [-0.1, -0.05) is 53.1 Å². The third-order valence-corrected chi connectivity index (χ3v) is 13.4. The highest BCUT2D eigenvalue weighted by Crippen LogP contribution is 2.22. The van der Waals surface area contributed by atoms with Crippen LogP contribution in [0.5, 0.6) is 0 Å². The minimum Gasteiger partial charge on any atom is -0.315 e. The fourth-order valence-corrected chi connectivity index (χ4v) is 9.41. The van der Waals surface area contributed by atoms with Gasteiger partial charge in [-0.05, 0) is 76.6 Å². The summed E-state index contributed by atoms with van der Waals surface area (Å²) in [5.74, 6) is 0. The van der Waals surface area contributed by atoms with Crippen molar-refractivity contribution in [2.75, 3.05) is 52.4 Å². The number of rotatable bonds is 6. The van der Waals surface area contributed by atoms with Crippen LogP contribution < -0.4 is 5.32 Å². The van der Waals surface area contributed by atoms with Gasteiger partial charge in [-0.15, -0.1) is 0 Å². The fraction of sp³-hybridized carbons (Fsp3) is 0.419. The summed E-state index contributed by atoms with van der Waals surface area (Å²) < 4.78 is 86.2. The molecule has 1 aliphatic rings. The lowest BCUT2D eigenvalue weighted by Crippen LogP contribution is -2.44. The molecule has 0 aliphatic carbocycles. The summed E-state index contributed by atoms with van der Waals surface area (Å²) in [7, 11) is -11.7. The Morgan fingerprint density at radius 2 is 0.750 bits per heavy atom. The summed E-state index contributed by atoms with van der Waals surface area (Å²) >= 11 is 0. The van der Waals surface area contributed by atoms with Gasteiger partial charge < -0.3 is 5.32 Å². The Hall–Kier alpha value is -2.65. The van der Waals surface area contributed by atoms with Gasteiger partial charge in [-0.2, -0.15) is 12.9 Å². The standard InChI is InChI=1S/C31H42N4O6S3/c1-26-6-12-29(13-7-26)42(36,37)33-21-5-22-35(44(40,41)31-16-10-28(3)11-17-31)25-24-34(20-4-18-32-19-23-33)43(38,39)30-14-8-27(2)9-15-30/h6-17,32H,4-5,18-25H2,1-3H3. The van der Waals surface area contributed by atoms with E-state index in [0.29, 0.717) is 19.5 Å². The molecular weight excluding hydrogens is 621 g/mol. The van der Waals surface area contributed by atoms with E-state index in [9.17, 15) is 25.3 Å². The highest BCUT2D eigenvalue weighted by Gasteiger charge is 2.30. The van der Waals surface area contributed by atoms with E-state index in [1.54, 1.807) is 60.7 Å². The second-order valence-electron chi connectivity index (χ2n) is 11.1. The van der Waals surface area contributed by atoms with E-state index >= 15 is 0 Å². The highest BCUT2D eigenvalue weighted by molar-refractivity contribution is 7.89. The number of nitrogens with zero attached hydrogens (tertiary/aromatic N) is 3. The van der Waals surface area contributed by atoms with E-state index < -0.39 is 30.1 Å². The second kappa shape index (κ2) is 14.6. The lowest BCUT2D eigenvalue weighted by Gasteiger charge is -2.29. The van der Waals surface area contributed by atoms with Gasteiger partial charge in [0.1, 0.15) is 0 Å². The first-order valence-electron chi connectivity index (χ1n) is 14.7. The van der Waals surface area contributed by atoms with E-state index in [1.807, 2.05) is 20.8 Å². The van der Waals surface area contributed by atoms with Crippen molar-refractivity contribution in [3.8, 4) is 0 Å². The van der Waals surface area contributed by atoms with Gasteiger partial charge in [0.25, 0.3) is 0 Å². The quantitative estimate of drug-likeness (QED) is 0.429. The summed E-state index contributed by atoms with van der Waals surface area (Å²) in [5, 5.41) is 3.25. The maximum atomic E-state index is 13.9. The van der Waals surface area contributed by atoms with E-state index in [4.69, 9.17) is 0 Å². The molecule has 13 heteroatoms. The zero-order valence-corrected chi connectivity index (χ0v) is 28.0. The van der Waals surface area contributed by atoms with Crippen molar-refractivity contribution in [2.45, 2.75) is 48.3 Å². The van der Waals surface area contributed by atoms with Crippen molar-refractivity contribution in [3.05, 3.63) is 89.5 Å². The third-order valence-electron chi connectivity index (χ3n) is 7.69. The molecule has 0 spiro atoms. The zero-order chi connectivity index (χ0) is 32.0. The smallest absolute Gasteiger partial charge is 0.243 e. The van der Waals surface area contributed by atoms with Crippen molar-refractivity contribution in [1.29, 1.82) is 0 Å². The Bertz CT molecular complexity index is 1710. The van der Waals surface area contributed by atoms with Crippen LogP contribution in [0.15, 0.2) is 87.5 Å². The van der Waals surface area contributed by atoms with Crippen LogP contribution in [0.25, 0.3) is 0 Å². The van der Waals surface area contributed by atoms with E-state index in [1.165, 1.54) is 25.0 Å². The number of aryl methyl sites for hydroxylation is 3. The van der Waals surface area contributed by atoms with Crippen molar-refractivity contribution in [3.63, 3.8) is 0 Å². The maximum absolute atomic E-state index is 13.9. The number of hydrogen-bond acceptors (Lipinski definition) is 7. The molecule has 0 unspecified atom stereocenters. The SMILES string of the molecule is Cc1ccc(S(=O)(=O)N2CCCN(S(=O)(=O)c3ccc(C)cc3)CCN(S(=O)(=O)c3ccc(C)cc3)CCCNCC2)cc1. The molecule has 1 fully saturated rings. The molecule has 0 atom stereocenters. The second-order valence-corrected chi connectivity index (χ2v) is 16.9. The van der Waals surface area contributed by atoms with Crippen molar-refractivity contribution in [2.24, 2.45) is 0 Å².